The first-order chi connectivity index (χ1) is 16.0. The van der Waals surface area contributed by atoms with Crippen LogP contribution in [0.25, 0.3) is 6.08 Å². The van der Waals surface area contributed by atoms with Gasteiger partial charge in [0.15, 0.2) is 5.78 Å². The smallest absolute Gasteiger partial charge is 0.351 e. The maximum atomic E-state index is 12.9. The lowest BCUT2D eigenvalue weighted by atomic mass is 10.1. The number of ether oxygens (including phenoxy) is 5. The topological polar surface area (TPSA) is 80.3 Å². The highest BCUT2D eigenvalue weighted by molar-refractivity contribution is 6.09. The van der Waals surface area contributed by atoms with Crippen molar-refractivity contribution < 1.29 is 33.3 Å². The lowest BCUT2D eigenvalue weighted by molar-refractivity contribution is 0.0727. The largest absolute Gasteiger partial charge is 0.497 e. The van der Waals surface area contributed by atoms with Gasteiger partial charge in [0.1, 0.15) is 34.3 Å². The van der Waals surface area contributed by atoms with Gasteiger partial charge in [-0.2, -0.15) is 0 Å². The van der Waals surface area contributed by atoms with Crippen LogP contribution in [0.3, 0.4) is 0 Å². The molecule has 3 aromatic rings. The number of esters is 1. The van der Waals surface area contributed by atoms with Gasteiger partial charge >= 0.3 is 5.97 Å². The summed E-state index contributed by atoms with van der Waals surface area (Å²) in [6.07, 6.45) is 2.97. The minimum atomic E-state index is -0.645. The molecule has 7 heteroatoms. The number of ketones is 1. The highest BCUT2D eigenvalue weighted by atomic mass is 16.5. The van der Waals surface area contributed by atoms with E-state index in [-0.39, 0.29) is 17.1 Å². The van der Waals surface area contributed by atoms with Crippen molar-refractivity contribution >= 4 is 17.8 Å². The van der Waals surface area contributed by atoms with Crippen LogP contribution in [-0.2, 0) is 0 Å². The van der Waals surface area contributed by atoms with E-state index in [4.69, 9.17) is 23.7 Å². The van der Waals surface area contributed by atoms with Crippen molar-refractivity contribution in [1.82, 2.24) is 0 Å². The zero-order chi connectivity index (χ0) is 23.8. The Morgan fingerprint density at radius 1 is 0.697 bits per heavy atom. The summed E-state index contributed by atoms with van der Waals surface area (Å²) in [6.45, 7) is 0. The van der Waals surface area contributed by atoms with E-state index >= 15 is 0 Å². The number of hydrogen-bond donors (Lipinski definition) is 0. The molecule has 0 spiro atoms. The average molecular weight is 448 g/mol. The second kappa shape index (κ2) is 10.9. The standard InChI is InChI=1S/C26H24O7/c1-29-18-13-14-19(24(16-18)32-4)20(27)15-12-17-8-5-6-9-21(17)33-26(28)25-22(30-2)10-7-11-23(25)31-3/h5-16H,1-4H3. The normalized spacial score (nSPS) is 10.5. The molecule has 0 fully saturated rings. The first-order valence-electron chi connectivity index (χ1n) is 9.99. The van der Waals surface area contributed by atoms with Crippen LogP contribution in [0.5, 0.6) is 28.7 Å². The summed E-state index contributed by atoms with van der Waals surface area (Å²) in [4.78, 5) is 25.7. The molecule has 0 saturated heterocycles. The van der Waals surface area contributed by atoms with Crippen molar-refractivity contribution in [1.29, 1.82) is 0 Å². The number of carbonyl (C=O) groups is 2. The molecular weight excluding hydrogens is 424 g/mol. The molecule has 0 atom stereocenters. The second-order valence-corrected chi connectivity index (χ2v) is 6.73. The van der Waals surface area contributed by atoms with Crippen molar-refractivity contribution in [3.63, 3.8) is 0 Å². The maximum absolute atomic E-state index is 12.9. The fourth-order valence-electron chi connectivity index (χ4n) is 3.17. The van der Waals surface area contributed by atoms with E-state index in [9.17, 15) is 9.59 Å². The van der Waals surface area contributed by atoms with Gasteiger partial charge in [-0.15, -0.1) is 0 Å². The van der Waals surface area contributed by atoms with Crippen molar-refractivity contribution in [2.45, 2.75) is 0 Å². The van der Waals surface area contributed by atoms with E-state index in [0.29, 0.717) is 34.1 Å². The molecule has 33 heavy (non-hydrogen) atoms. The van der Waals surface area contributed by atoms with Crippen LogP contribution in [0.1, 0.15) is 26.3 Å². The summed E-state index contributed by atoms with van der Waals surface area (Å²) in [5, 5.41) is 0. The summed E-state index contributed by atoms with van der Waals surface area (Å²) in [5.41, 5.74) is 1.09. The van der Waals surface area contributed by atoms with E-state index in [1.807, 2.05) is 0 Å². The minimum absolute atomic E-state index is 0.167. The molecule has 0 bridgehead atoms. The number of rotatable bonds is 9. The molecule has 0 amide bonds. The van der Waals surface area contributed by atoms with E-state index in [1.54, 1.807) is 66.7 Å². The molecule has 3 rings (SSSR count). The van der Waals surface area contributed by atoms with Crippen LogP contribution in [0.15, 0.2) is 66.7 Å². The van der Waals surface area contributed by atoms with Crippen molar-refractivity contribution in [3.05, 3.63) is 83.4 Å². The molecule has 0 aliphatic heterocycles. The summed E-state index contributed by atoms with van der Waals surface area (Å²) >= 11 is 0. The van der Waals surface area contributed by atoms with Gasteiger partial charge in [0.25, 0.3) is 0 Å². The molecule has 0 aliphatic rings. The Hall–Kier alpha value is -4.26. The zero-order valence-electron chi connectivity index (χ0n) is 18.8. The Bertz CT molecular complexity index is 1160. The first-order valence-corrected chi connectivity index (χ1v) is 9.99. The molecule has 7 nitrogen and oxygen atoms in total. The van der Waals surface area contributed by atoms with Crippen molar-refractivity contribution in [2.75, 3.05) is 28.4 Å². The van der Waals surface area contributed by atoms with E-state index in [2.05, 4.69) is 0 Å². The van der Waals surface area contributed by atoms with Crippen LogP contribution in [0.4, 0.5) is 0 Å². The third-order valence-electron chi connectivity index (χ3n) is 4.84. The van der Waals surface area contributed by atoms with Gasteiger partial charge in [0, 0.05) is 11.6 Å². The number of allylic oxidation sites excluding steroid dienone is 1. The molecule has 0 radical (unpaired) electrons. The van der Waals surface area contributed by atoms with Gasteiger partial charge in [0.05, 0.1) is 34.0 Å². The molecule has 0 aliphatic carbocycles. The number of carbonyl (C=O) groups excluding carboxylic acids is 2. The molecule has 0 unspecified atom stereocenters. The van der Waals surface area contributed by atoms with Gasteiger partial charge in [-0.1, -0.05) is 24.3 Å². The highest BCUT2D eigenvalue weighted by Crippen LogP contribution is 2.31. The van der Waals surface area contributed by atoms with E-state index < -0.39 is 5.97 Å². The summed E-state index contributed by atoms with van der Waals surface area (Å²) in [6, 6.07) is 16.8. The Morgan fingerprint density at radius 3 is 1.97 bits per heavy atom. The van der Waals surface area contributed by atoms with Crippen LogP contribution >= 0.6 is 0 Å². The zero-order valence-corrected chi connectivity index (χ0v) is 18.8. The average Bonchev–Trinajstić information content (AvgIpc) is 2.86. The number of methoxy groups -OCH3 is 4. The fraction of sp³-hybridized carbons (Fsp3) is 0.154. The predicted molar refractivity (Wildman–Crippen MR) is 124 cm³/mol. The molecule has 3 aromatic carbocycles. The lowest BCUT2D eigenvalue weighted by Crippen LogP contribution is -2.12. The van der Waals surface area contributed by atoms with E-state index in [1.165, 1.54) is 34.5 Å². The van der Waals surface area contributed by atoms with Gasteiger partial charge in [-0.05, 0) is 42.5 Å². The van der Waals surface area contributed by atoms with E-state index in [0.717, 1.165) is 0 Å². The Morgan fingerprint density at radius 2 is 1.33 bits per heavy atom. The van der Waals surface area contributed by atoms with Crippen LogP contribution in [0.2, 0.25) is 0 Å². The number of benzene rings is 3. The third kappa shape index (κ3) is 5.33. The quantitative estimate of drug-likeness (QED) is 0.201. The van der Waals surface area contributed by atoms with Gasteiger partial charge < -0.3 is 23.7 Å². The van der Waals surface area contributed by atoms with Crippen LogP contribution in [-0.4, -0.2) is 40.2 Å². The Labute approximate surface area is 192 Å². The number of para-hydroxylation sites is 1. The summed E-state index contributed by atoms with van der Waals surface area (Å²) in [7, 11) is 5.94. The molecule has 170 valence electrons. The minimum Gasteiger partial charge on any atom is -0.497 e. The lowest BCUT2D eigenvalue weighted by Gasteiger charge is -2.13. The van der Waals surface area contributed by atoms with Gasteiger partial charge in [-0.3, -0.25) is 4.79 Å². The third-order valence-corrected chi connectivity index (χ3v) is 4.84. The van der Waals surface area contributed by atoms with Crippen molar-refractivity contribution in [2.24, 2.45) is 0 Å². The van der Waals surface area contributed by atoms with Crippen LogP contribution < -0.4 is 23.7 Å². The van der Waals surface area contributed by atoms with Crippen LogP contribution in [0, 0.1) is 0 Å². The number of hydrogen-bond acceptors (Lipinski definition) is 7. The predicted octanol–water partition coefficient (Wildman–Crippen LogP) is 4.84. The highest BCUT2D eigenvalue weighted by Gasteiger charge is 2.21. The monoisotopic (exact) mass is 448 g/mol. The van der Waals surface area contributed by atoms with Gasteiger partial charge in [-0.25, -0.2) is 4.79 Å². The fourth-order valence-corrected chi connectivity index (χ4v) is 3.17. The molecule has 0 aromatic heterocycles. The molecular formula is C26H24O7. The van der Waals surface area contributed by atoms with Gasteiger partial charge in [0.2, 0.25) is 0 Å². The summed E-state index contributed by atoms with van der Waals surface area (Å²) < 4.78 is 26.7. The first kappa shape index (κ1) is 23.4. The Balaban J connectivity index is 1.87. The maximum Gasteiger partial charge on any atom is 0.351 e. The van der Waals surface area contributed by atoms with Crippen molar-refractivity contribution in [3.8, 4) is 28.7 Å². The molecule has 0 heterocycles. The summed E-state index contributed by atoms with van der Waals surface area (Å²) in [5.74, 6) is 0.989. The molecule has 0 N–H and O–H groups in total. The second-order valence-electron chi connectivity index (χ2n) is 6.73. The Kier molecular flexibility index (Phi) is 7.70. The molecule has 0 saturated carbocycles. The SMILES string of the molecule is COc1ccc(C(=O)C=Cc2ccccc2OC(=O)c2c(OC)cccc2OC)c(OC)c1.